The molecule has 0 spiro atoms. The Kier molecular flexibility index (Phi) is 3.34. The number of fused-ring (bicyclic) bond motifs is 1. The molecule has 0 radical (unpaired) electrons. The van der Waals surface area contributed by atoms with Gasteiger partial charge >= 0.3 is 0 Å². The summed E-state index contributed by atoms with van der Waals surface area (Å²) in [5.41, 5.74) is 2.36. The second-order valence-electron chi connectivity index (χ2n) is 3.95. The van der Waals surface area contributed by atoms with E-state index in [1.54, 1.807) is 19.2 Å². The van der Waals surface area contributed by atoms with Crippen molar-refractivity contribution in [2.75, 3.05) is 20.3 Å². The highest BCUT2D eigenvalue weighted by Gasteiger charge is 2.19. The van der Waals surface area contributed by atoms with Gasteiger partial charge in [0.05, 0.1) is 0 Å². The molecule has 15 heavy (non-hydrogen) atoms. The predicted molar refractivity (Wildman–Crippen MR) is 57.3 cm³/mol. The molecular weight excluding hydrogens is 193 g/mol. The fraction of sp³-hybridized carbons (Fsp3) is 0.500. The molecule has 2 rings (SSSR count). The third-order valence-corrected chi connectivity index (χ3v) is 2.92. The van der Waals surface area contributed by atoms with Crippen molar-refractivity contribution in [3.05, 3.63) is 35.1 Å². The van der Waals surface area contributed by atoms with Gasteiger partial charge in [-0.3, -0.25) is 0 Å². The molecule has 0 amide bonds. The average Bonchev–Trinajstić information content (AvgIpc) is 2.25. The van der Waals surface area contributed by atoms with Gasteiger partial charge in [-0.1, -0.05) is 6.07 Å². The summed E-state index contributed by atoms with van der Waals surface area (Å²) in [6, 6.07) is 5.08. The number of benzene rings is 1. The van der Waals surface area contributed by atoms with E-state index in [9.17, 15) is 4.39 Å². The van der Waals surface area contributed by atoms with Gasteiger partial charge in [0.2, 0.25) is 0 Å². The van der Waals surface area contributed by atoms with Crippen LogP contribution in [0.3, 0.4) is 0 Å². The van der Waals surface area contributed by atoms with Gasteiger partial charge in [-0.05, 0) is 35.6 Å². The normalized spacial score (nSPS) is 20.0. The van der Waals surface area contributed by atoms with Gasteiger partial charge in [0, 0.05) is 26.8 Å². The van der Waals surface area contributed by atoms with Crippen LogP contribution in [0.25, 0.3) is 0 Å². The van der Waals surface area contributed by atoms with Gasteiger partial charge < -0.3 is 10.1 Å². The van der Waals surface area contributed by atoms with Crippen molar-refractivity contribution >= 4 is 0 Å². The quantitative estimate of drug-likeness (QED) is 0.822. The molecular formula is C12H16FNO. The highest BCUT2D eigenvalue weighted by atomic mass is 19.1. The minimum atomic E-state index is -0.150. The van der Waals surface area contributed by atoms with Crippen LogP contribution in [0.15, 0.2) is 18.2 Å². The molecule has 1 unspecified atom stereocenters. The van der Waals surface area contributed by atoms with Crippen molar-refractivity contribution in [2.24, 2.45) is 0 Å². The van der Waals surface area contributed by atoms with Crippen LogP contribution in [0.5, 0.6) is 0 Å². The van der Waals surface area contributed by atoms with Crippen LogP contribution in [0.2, 0.25) is 0 Å². The number of hydrogen-bond acceptors (Lipinski definition) is 2. The topological polar surface area (TPSA) is 21.3 Å². The number of rotatable bonds is 3. The minimum Gasteiger partial charge on any atom is -0.385 e. The van der Waals surface area contributed by atoms with E-state index in [1.165, 1.54) is 5.56 Å². The lowest BCUT2D eigenvalue weighted by atomic mass is 9.89. The monoisotopic (exact) mass is 209 g/mol. The predicted octanol–water partition coefficient (Wildman–Crippen LogP) is 2.05. The van der Waals surface area contributed by atoms with Crippen molar-refractivity contribution < 1.29 is 9.13 Å². The van der Waals surface area contributed by atoms with Crippen LogP contribution in [-0.4, -0.2) is 20.3 Å². The van der Waals surface area contributed by atoms with E-state index in [4.69, 9.17) is 4.74 Å². The van der Waals surface area contributed by atoms with E-state index in [0.717, 1.165) is 31.7 Å². The zero-order valence-corrected chi connectivity index (χ0v) is 8.92. The van der Waals surface area contributed by atoms with Crippen molar-refractivity contribution in [2.45, 2.75) is 18.9 Å². The molecule has 1 aromatic carbocycles. The van der Waals surface area contributed by atoms with Crippen molar-refractivity contribution in [1.29, 1.82) is 0 Å². The molecule has 0 bridgehead atoms. The van der Waals surface area contributed by atoms with Gasteiger partial charge in [-0.25, -0.2) is 4.39 Å². The maximum atomic E-state index is 13.0. The van der Waals surface area contributed by atoms with E-state index in [0.29, 0.717) is 5.92 Å². The minimum absolute atomic E-state index is 0.150. The summed E-state index contributed by atoms with van der Waals surface area (Å²) in [6.45, 7) is 2.49. The lowest BCUT2D eigenvalue weighted by molar-refractivity contribution is 0.186. The van der Waals surface area contributed by atoms with Gasteiger partial charge in [0.1, 0.15) is 5.82 Å². The van der Waals surface area contributed by atoms with E-state index >= 15 is 0 Å². The number of nitrogens with one attached hydrogen (secondary N) is 1. The second kappa shape index (κ2) is 4.73. The summed E-state index contributed by atoms with van der Waals surface area (Å²) >= 11 is 0. The van der Waals surface area contributed by atoms with Gasteiger partial charge in [0.15, 0.2) is 0 Å². The molecule has 1 N–H and O–H groups in total. The van der Waals surface area contributed by atoms with Crippen molar-refractivity contribution in [3.63, 3.8) is 0 Å². The third-order valence-electron chi connectivity index (χ3n) is 2.92. The summed E-state index contributed by atoms with van der Waals surface area (Å²) < 4.78 is 18.1. The molecule has 0 aliphatic carbocycles. The number of hydrogen-bond donors (Lipinski definition) is 1. The maximum absolute atomic E-state index is 13.0. The van der Waals surface area contributed by atoms with E-state index in [1.807, 2.05) is 6.07 Å². The Balaban J connectivity index is 2.18. The van der Waals surface area contributed by atoms with Crippen LogP contribution >= 0.6 is 0 Å². The van der Waals surface area contributed by atoms with Crippen LogP contribution in [0.4, 0.5) is 4.39 Å². The molecule has 0 saturated heterocycles. The Morgan fingerprint density at radius 3 is 3.20 bits per heavy atom. The summed E-state index contributed by atoms with van der Waals surface area (Å²) in [5, 5.41) is 3.30. The first-order chi connectivity index (χ1) is 7.31. The van der Waals surface area contributed by atoms with Crippen molar-refractivity contribution in [1.82, 2.24) is 5.32 Å². The number of ether oxygens (including phenoxy) is 1. The van der Waals surface area contributed by atoms with Gasteiger partial charge in [-0.15, -0.1) is 0 Å². The summed E-state index contributed by atoms with van der Waals surface area (Å²) in [7, 11) is 1.71. The molecule has 0 saturated carbocycles. The first-order valence-electron chi connectivity index (χ1n) is 5.29. The highest BCUT2D eigenvalue weighted by molar-refractivity contribution is 5.33. The Hall–Kier alpha value is -0.930. The van der Waals surface area contributed by atoms with Crippen LogP contribution in [-0.2, 0) is 11.3 Å². The molecule has 3 heteroatoms. The fourth-order valence-corrected chi connectivity index (χ4v) is 2.13. The van der Waals surface area contributed by atoms with Gasteiger partial charge in [0.25, 0.3) is 0 Å². The zero-order chi connectivity index (χ0) is 10.7. The van der Waals surface area contributed by atoms with E-state index < -0.39 is 0 Å². The Bertz CT molecular complexity index is 340. The SMILES string of the molecule is COCCC1CNCc2cc(F)ccc21. The molecule has 1 heterocycles. The lowest BCUT2D eigenvalue weighted by Crippen LogP contribution is -2.28. The zero-order valence-electron chi connectivity index (χ0n) is 8.92. The molecule has 1 aromatic rings. The molecule has 0 fully saturated rings. The first-order valence-corrected chi connectivity index (χ1v) is 5.29. The summed E-state index contributed by atoms with van der Waals surface area (Å²) in [5.74, 6) is 0.303. The van der Waals surface area contributed by atoms with Crippen LogP contribution in [0, 0.1) is 5.82 Å². The lowest BCUT2D eigenvalue weighted by Gasteiger charge is -2.26. The molecule has 2 nitrogen and oxygen atoms in total. The average molecular weight is 209 g/mol. The van der Waals surface area contributed by atoms with Gasteiger partial charge in [-0.2, -0.15) is 0 Å². The van der Waals surface area contributed by atoms with Crippen LogP contribution < -0.4 is 5.32 Å². The van der Waals surface area contributed by atoms with E-state index in [2.05, 4.69) is 5.32 Å². The third kappa shape index (κ3) is 2.36. The largest absolute Gasteiger partial charge is 0.385 e. The molecule has 1 aliphatic heterocycles. The smallest absolute Gasteiger partial charge is 0.123 e. The Morgan fingerprint density at radius 2 is 2.40 bits per heavy atom. The van der Waals surface area contributed by atoms with Crippen LogP contribution in [0.1, 0.15) is 23.5 Å². The summed E-state index contributed by atoms with van der Waals surface area (Å²) in [6.07, 6.45) is 0.988. The second-order valence-corrected chi connectivity index (χ2v) is 3.95. The van der Waals surface area contributed by atoms with Crippen molar-refractivity contribution in [3.8, 4) is 0 Å². The molecule has 0 aromatic heterocycles. The molecule has 82 valence electrons. The standard InChI is InChI=1S/C12H16FNO/c1-15-5-4-9-7-14-8-10-6-11(13)2-3-12(9)10/h2-3,6,9,14H,4-5,7-8H2,1H3. The summed E-state index contributed by atoms with van der Waals surface area (Å²) in [4.78, 5) is 0. The molecule has 1 atom stereocenters. The fourth-order valence-electron chi connectivity index (χ4n) is 2.13. The Morgan fingerprint density at radius 1 is 1.53 bits per heavy atom. The number of halogens is 1. The first kappa shape index (κ1) is 10.6. The Labute approximate surface area is 89.4 Å². The maximum Gasteiger partial charge on any atom is 0.123 e. The van der Waals surface area contributed by atoms with E-state index in [-0.39, 0.29) is 5.82 Å². The number of methoxy groups -OCH3 is 1. The highest BCUT2D eigenvalue weighted by Crippen LogP contribution is 2.27. The molecule has 1 aliphatic rings.